The van der Waals surface area contributed by atoms with Crippen LogP contribution in [-0.4, -0.2) is 36.5 Å². The van der Waals surface area contributed by atoms with E-state index in [1.54, 1.807) is 0 Å². The Balaban J connectivity index is 2.92. The molecule has 0 bridgehead atoms. The number of hydrogen-bond acceptors (Lipinski definition) is 4. The summed E-state index contributed by atoms with van der Waals surface area (Å²) in [6.07, 6.45) is 0. The minimum Gasteiger partial charge on any atom is -0.468 e. The zero-order valence-corrected chi connectivity index (χ0v) is 12.3. The van der Waals surface area contributed by atoms with Crippen LogP contribution in [0.2, 0.25) is 0 Å². The summed E-state index contributed by atoms with van der Waals surface area (Å²) in [6, 6.07) is 1.83. The van der Waals surface area contributed by atoms with Crippen LogP contribution in [0.4, 0.5) is 0 Å². The molecule has 100 valence electrons. The number of carbonyl (C=O) groups is 2. The number of ether oxygens (including phenoxy) is 1. The van der Waals surface area contributed by atoms with Gasteiger partial charge in [-0.05, 0) is 39.3 Å². The molecule has 0 aromatic carbocycles. The number of nitrogens with zero attached hydrogens (tertiary/aromatic N) is 1. The maximum atomic E-state index is 12.3. The van der Waals surface area contributed by atoms with E-state index < -0.39 is 5.97 Å². The largest absolute Gasteiger partial charge is 0.468 e. The number of esters is 1. The highest BCUT2D eigenvalue weighted by Crippen LogP contribution is 2.22. The lowest BCUT2D eigenvalue weighted by molar-refractivity contribution is -0.141. The summed E-state index contributed by atoms with van der Waals surface area (Å²) in [5.74, 6) is -0.515. The lowest BCUT2D eigenvalue weighted by Gasteiger charge is -2.24. The first-order valence-electron chi connectivity index (χ1n) is 5.81. The number of amides is 1. The molecule has 0 saturated carbocycles. The fourth-order valence-corrected chi connectivity index (χ4v) is 2.50. The van der Waals surface area contributed by atoms with Crippen LogP contribution < -0.4 is 0 Å². The van der Waals surface area contributed by atoms with Crippen molar-refractivity contribution in [2.75, 3.05) is 13.7 Å². The Morgan fingerprint density at radius 2 is 2.00 bits per heavy atom. The quantitative estimate of drug-likeness (QED) is 0.788. The standard InChI is InChI=1S/C13H19NO3S/c1-8(2)14(7-12(15)17-5)13(16)11-6-9(3)10(4)18-11/h6,8H,7H2,1-5H3. The molecule has 0 N–H and O–H groups in total. The molecule has 5 heteroatoms. The zero-order chi connectivity index (χ0) is 13.9. The molecule has 1 amide bonds. The number of aryl methyl sites for hydroxylation is 2. The topological polar surface area (TPSA) is 46.6 Å². The summed E-state index contributed by atoms with van der Waals surface area (Å²) in [6.45, 7) is 7.71. The van der Waals surface area contributed by atoms with E-state index in [4.69, 9.17) is 0 Å². The van der Waals surface area contributed by atoms with Gasteiger partial charge in [0.1, 0.15) is 6.54 Å². The monoisotopic (exact) mass is 269 g/mol. The normalized spacial score (nSPS) is 10.6. The highest BCUT2D eigenvalue weighted by molar-refractivity contribution is 7.14. The third-order valence-electron chi connectivity index (χ3n) is 2.79. The summed E-state index contributed by atoms with van der Waals surface area (Å²) in [5.41, 5.74) is 1.10. The van der Waals surface area contributed by atoms with Gasteiger partial charge in [0.25, 0.3) is 5.91 Å². The highest BCUT2D eigenvalue weighted by Gasteiger charge is 2.23. The van der Waals surface area contributed by atoms with Crippen molar-refractivity contribution in [3.8, 4) is 0 Å². The van der Waals surface area contributed by atoms with Gasteiger partial charge in [-0.2, -0.15) is 0 Å². The second kappa shape index (κ2) is 6.00. The number of thiophene rings is 1. The van der Waals surface area contributed by atoms with Crippen molar-refractivity contribution in [3.05, 3.63) is 21.4 Å². The molecule has 0 fully saturated rings. The van der Waals surface area contributed by atoms with Crippen molar-refractivity contribution in [2.24, 2.45) is 0 Å². The molecule has 1 heterocycles. The smallest absolute Gasteiger partial charge is 0.325 e. The highest BCUT2D eigenvalue weighted by atomic mass is 32.1. The fraction of sp³-hybridized carbons (Fsp3) is 0.538. The maximum absolute atomic E-state index is 12.3. The lowest BCUT2D eigenvalue weighted by Crippen LogP contribution is -2.40. The molecule has 1 aromatic rings. The molecule has 0 spiro atoms. The molecule has 0 radical (unpaired) electrons. The van der Waals surface area contributed by atoms with E-state index in [0.717, 1.165) is 10.4 Å². The van der Waals surface area contributed by atoms with E-state index in [1.165, 1.54) is 23.3 Å². The summed E-state index contributed by atoms with van der Waals surface area (Å²) < 4.78 is 4.62. The fourth-order valence-electron chi connectivity index (χ4n) is 1.51. The Morgan fingerprint density at radius 1 is 1.39 bits per heavy atom. The van der Waals surface area contributed by atoms with Gasteiger partial charge in [0, 0.05) is 10.9 Å². The average Bonchev–Trinajstić information content (AvgIpc) is 2.65. The van der Waals surface area contributed by atoms with E-state index in [9.17, 15) is 9.59 Å². The molecule has 0 aliphatic carbocycles. The van der Waals surface area contributed by atoms with Crippen molar-refractivity contribution in [2.45, 2.75) is 33.7 Å². The van der Waals surface area contributed by atoms with E-state index in [0.29, 0.717) is 4.88 Å². The van der Waals surface area contributed by atoms with Crippen molar-refractivity contribution < 1.29 is 14.3 Å². The second-order valence-electron chi connectivity index (χ2n) is 4.45. The van der Waals surface area contributed by atoms with Crippen LogP contribution in [0.25, 0.3) is 0 Å². The van der Waals surface area contributed by atoms with Gasteiger partial charge in [-0.1, -0.05) is 0 Å². The lowest BCUT2D eigenvalue weighted by atomic mass is 10.2. The van der Waals surface area contributed by atoms with Gasteiger partial charge >= 0.3 is 5.97 Å². The molecule has 0 aliphatic rings. The minimum absolute atomic E-state index is 0.0109. The maximum Gasteiger partial charge on any atom is 0.325 e. The van der Waals surface area contributed by atoms with Crippen LogP contribution >= 0.6 is 11.3 Å². The van der Waals surface area contributed by atoms with Gasteiger partial charge in [-0.3, -0.25) is 9.59 Å². The predicted molar refractivity (Wildman–Crippen MR) is 72.0 cm³/mol. The Labute approximate surface area is 112 Å². The van der Waals surface area contributed by atoms with Gasteiger partial charge in [0.2, 0.25) is 0 Å². The third-order valence-corrected chi connectivity index (χ3v) is 3.93. The molecule has 0 saturated heterocycles. The van der Waals surface area contributed by atoms with Gasteiger partial charge in [-0.15, -0.1) is 11.3 Å². The van der Waals surface area contributed by atoms with Crippen LogP contribution in [0.1, 0.15) is 34.0 Å². The summed E-state index contributed by atoms with van der Waals surface area (Å²) in [4.78, 5) is 27.0. The molecule has 18 heavy (non-hydrogen) atoms. The van der Waals surface area contributed by atoms with E-state index in [-0.39, 0.29) is 18.5 Å². The van der Waals surface area contributed by atoms with Gasteiger partial charge < -0.3 is 9.64 Å². The van der Waals surface area contributed by atoms with Gasteiger partial charge in [0.15, 0.2) is 0 Å². The van der Waals surface area contributed by atoms with Crippen molar-refractivity contribution in [1.82, 2.24) is 4.90 Å². The zero-order valence-electron chi connectivity index (χ0n) is 11.4. The van der Waals surface area contributed by atoms with Crippen molar-refractivity contribution in [1.29, 1.82) is 0 Å². The summed E-state index contributed by atoms with van der Waals surface area (Å²) >= 11 is 1.46. The number of methoxy groups -OCH3 is 1. The van der Waals surface area contributed by atoms with Crippen LogP contribution in [-0.2, 0) is 9.53 Å². The van der Waals surface area contributed by atoms with Crippen molar-refractivity contribution in [3.63, 3.8) is 0 Å². The molecule has 0 unspecified atom stereocenters. The molecule has 0 atom stereocenters. The first-order chi connectivity index (χ1) is 8.36. The van der Waals surface area contributed by atoms with Crippen LogP contribution in [0, 0.1) is 13.8 Å². The van der Waals surface area contributed by atoms with Crippen LogP contribution in [0.15, 0.2) is 6.07 Å². The molecular formula is C13H19NO3S. The van der Waals surface area contributed by atoms with Gasteiger partial charge in [0.05, 0.1) is 12.0 Å². The van der Waals surface area contributed by atoms with Crippen LogP contribution in [0.3, 0.4) is 0 Å². The van der Waals surface area contributed by atoms with Crippen LogP contribution in [0.5, 0.6) is 0 Å². The van der Waals surface area contributed by atoms with E-state index in [1.807, 2.05) is 33.8 Å². The Hall–Kier alpha value is -1.36. The number of rotatable bonds is 4. The Morgan fingerprint density at radius 3 is 2.39 bits per heavy atom. The van der Waals surface area contributed by atoms with E-state index in [2.05, 4.69) is 4.74 Å². The number of hydrogen-bond donors (Lipinski definition) is 0. The molecular weight excluding hydrogens is 250 g/mol. The Kier molecular flexibility index (Phi) is 4.90. The molecule has 4 nitrogen and oxygen atoms in total. The molecule has 1 rings (SSSR count). The SMILES string of the molecule is COC(=O)CN(C(=O)c1cc(C)c(C)s1)C(C)C. The molecule has 1 aromatic heterocycles. The summed E-state index contributed by atoms with van der Waals surface area (Å²) in [7, 11) is 1.32. The second-order valence-corrected chi connectivity index (χ2v) is 5.71. The first-order valence-corrected chi connectivity index (χ1v) is 6.63. The predicted octanol–water partition coefficient (Wildman–Crippen LogP) is 2.39. The van der Waals surface area contributed by atoms with E-state index >= 15 is 0 Å². The van der Waals surface area contributed by atoms with Crippen molar-refractivity contribution >= 4 is 23.2 Å². The van der Waals surface area contributed by atoms with Gasteiger partial charge in [-0.25, -0.2) is 0 Å². The number of carbonyl (C=O) groups excluding carboxylic acids is 2. The first kappa shape index (κ1) is 14.7. The Bertz CT molecular complexity index is 432. The third kappa shape index (κ3) is 3.32. The minimum atomic E-state index is -0.401. The molecule has 0 aliphatic heterocycles. The average molecular weight is 269 g/mol. The summed E-state index contributed by atoms with van der Waals surface area (Å²) in [5, 5.41) is 0.